The van der Waals surface area contributed by atoms with Gasteiger partial charge in [-0.3, -0.25) is 0 Å². The number of benzene rings is 1. The van der Waals surface area contributed by atoms with Gasteiger partial charge in [0.25, 0.3) is 0 Å². The van der Waals surface area contributed by atoms with E-state index in [0.29, 0.717) is 12.1 Å². The normalized spacial score (nSPS) is 17.8. The van der Waals surface area contributed by atoms with Gasteiger partial charge in [0.1, 0.15) is 12.4 Å². The first kappa shape index (κ1) is 21.2. The van der Waals surface area contributed by atoms with Gasteiger partial charge in [0.05, 0.1) is 21.7 Å². The van der Waals surface area contributed by atoms with E-state index in [2.05, 4.69) is 17.1 Å². The molecule has 2 aliphatic rings. The lowest BCUT2D eigenvalue weighted by atomic mass is 9.98. The third kappa shape index (κ3) is 5.15. The Morgan fingerprint density at radius 1 is 1.07 bits per heavy atom. The van der Waals surface area contributed by atoms with Crippen LogP contribution in [-0.4, -0.2) is 35.2 Å². The second-order valence-electron chi connectivity index (χ2n) is 8.51. The van der Waals surface area contributed by atoms with Crippen LogP contribution in [0.3, 0.4) is 0 Å². The summed E-state index contributed by atoms with van der Waals surface area (Å²) in [7, 11) is 1.84. The molecule has 2 aromatic rings. The maximum atomic E-state index is 12.5. The summed E-state index contributed by atoms with van der Waals surface area (Å²) in [6.07, 6.45) is 10.8. The summed E-state index contributed by atoms with van der Waals surface area (Å²) in [6.45, 7) is 2.20. The fourth-order valence-corrected chi connectivity index (χ4v) is 5.45. The molecule has 2 fully saturated rings. The van der Waals surface area contributed by atoms with Gasteiger partial charge in [-0.05, 0) is 75.3 Å². The Morgan fingerprint density at radius 3 is 2.43 bits per heavy atom. The zero-order valence-electron chi connectivity index (χ0n) is 18.1. The summed E-state index contributed by atoms with van der Waals surface area (Å²) in [5, 5.41) is 0.975. The Kier molecular flexibility index (Phi) is 6.93. The quantitative estimate of drug-likeness (QED) is 0.538. The van der Waals surface area contributed by atoms with Gasteiger partial charge in [-0.1, -0.05) is 19.3 Å². The van der Waals surface area contributed by atoms with Crippen LogP contribution < -0.4 is 4.74 Å². The summed E-state index contributed by atoms with van der Waals surface area (Å²) in [5.74, 6) is 0.929. The Morgan fingerprint density at radius 2 is 1.73 bits per heavy atom. The van der Waals surface area contributed by atoms with Crippen molar-refractivity contribution in [2.75, 3.05) is 7.05 Å². The van der Waals surface area contributed by atoms with Crippen LogP contribution in [0.5, 0.6) is 5.75 Å². The maximum Gasteiger partial charge on any atom is 0.410 e. The van der Waals surface area contributed by atoms with Crippen LogP contribution in [0.15, 0.2) is 24.3 Å². The van der Waals surface area contributed by atoms with Gasteiger partial charge in [0.15, 0.2) is 0 Å². The number of carbonyl (C=O) groups excluding carboxylic acids is 1. The predicted molar refractivity (Wildman–Crippen MR) is 120 cm³/mol. The number of thiazole rings is 1. The third-order valence-electron chi connectivity index (χ3n) is 6.27. The standard InChI is InChI=1S/C24H32N2O3S/c1-17-25-22(16-28-24(27)26(2)19-8-6-7-9-19)23(30-17)18-12-14-21(15-13-18)29-20-10-4-3-5-11-20/h12-15,19-20H,3-11,16H2,1-2H3. The fourth-order valence-electron chi connectivity index (χ4n) is 4.53. The molecule has 1 heterocycles. The van der Waals surface area contributed by atoms with Gasteiger partial charge in [0, 0.05) is 13.1 Å². The van der Waals surface area contributed by atoms with Gasteiger partial charge in [0.2, 0.25) is 0 Å². The lowest BCUT2D eigenvalue weighted by Crippen LogP contribution is -2.35. The molecule has 0 spiro atoms. The number of aryl methyl sites for hydroxylation is 1. The van der Waals surface area contributed by atoms with Crippen LogP contribution in [0.25, 0.3) is 10.4 Å². The molecular formula is C24H32N2O3S. The summed E-state index contributed by atoms with van der Waals surface area (Å²) < 4.78 is 11.8. The van der Waals surface area contributed by atoms with Crippen LogP contribution in [0.2, 0.25) is 0 Å². The molecule has 4 rings (SSSR count). The van der Waals surface area contributed by atoms with E-state index in [4.69, 9.17) is 9.47 Å². The number of rotatable bonds is 6. The summed E-state index contributed by atoms with van der Waals surface area (Å²) in [6, 6.07) is 8.57. The van der Waals surface area contributed by atoms with Crippen molar-refractivity contribution in [2.45, 2.75) is 83.5 Å². The molecule has 1 aromatic heterocycles. The smallest absolute Gasteiger partial charge is 0.410 e. The number of hydrogen-bond donors (Lipinski definition) is 0. The first-order valence-corrected chi connectivity index (χ1v) is 12.0. The lowest BCUT2D eigenvalue weighted by Gasteiger charge is -2.23. The molecule has 5 nitrogen and oxygen atoms in total. The van der Waals surface area contributed by atoms with E-state index in [1.165, 1.54) is 32.1 Å². The van der Waals surface area contributed by atoms with Crippen molar-refractivity contribution >= 4 is 17.4 Å². The largest absolute Gasteiger partial charge is 0.490 e. The minimum absolute atomic E-state index is 0.204. The molecule has 30 heavy (non-hydrogen) atoms. The highest BCUT2D eigenvalue weighted by molar-refractivity contribution is 7.15. The van der Waals surface area contributed by atoms with E-state index in [1.807, 2.05) is 26.1 Å². The highest BCUT2D eigenvalue weighted by atomic mass is 32.1. The average Bonchev–Trinajstić information content (AvgIpc) is 3.43. The van der Waals surface area contributed by atoms with Crippen LogP contribution in [0.4, 0.5) is 4.79 Å². The first-order chi connectivity index (χ1) is 14.6. The first-order valence-electron chi connectivity index (χ1n) is 11.2. The Balaban J connectivity index is 1.39. The molecule has 0 saturated heterocycles. The molecule has 0 bridgehead atoms. The van der Waals surface area contributed by atoms with Gasteiger partial charge >= 0.3 is 6.09 Å². The highest BCUT2D eigenvalue weighted by Crippen LogP contribution is 2.33. The molecule has 0 unspecified atom stereocenters. The van der Waals surface area contributed by atoms with E-state index in [1.54, 1.807) is 16.2 Å². The van der Waals surface area contributed by atoms with E-state index in [9.17, 15) is 4.79 Å². The third-order valence-corrected chi connectivity index (χ3v) is 7.33. The molecule has 0 atom stereocenters. The van der Waals surface area contributed by atoms with E-state index in [-0.39, 0.29) is 12.7 Å². The Bertz CT molecular complexity index is 837. The molecule has 6 heteroatoms. The Hall–Kier alpha value is -2.08. The van der Waals surface area contributed by atoms with Gasteiger partial charge in [-0.25, -0.2) is 9.78 Å². The van der Waals surface area contributed by atoms with Gasteiger partial charge in [-0.2, -0.15) is 0 Å². The lowest BCUT2D eigenvalue weighted by molar-refractivity contribution is 0.0910. The van der Waals surface area contributed by atoms with Crippen LogP contribution in [0.1, 0.15) is 68.5 Å². The zero-order chi connectivity index (χ0) is 20.9. The minimum Gasteiger partial charge on any atom is -0.490 e. The van der Waals surface area contributed by atoms with E-state index >= 15 is 0 Å². The second-order valence-corrected chi connectivity index (χ2v) is 9.72. The van der Waals surface area contributed by atoms with E-state index in [0.717, 1.165) is 52.6 Å². The highest BCUT2D eigenvalue weighted by Gasteiger charge is 2.25. The van der Waals surface area contributed by atoms with Crippen molar-refractivity contribution in [1.29, 1.82) is 0 Å². The van der Waals surface area contributed by atoms with Crippen LogP contribution in [-0.2, 0) is 11.3 Å². The number of carbonyl (C=O) groups is 1. The van der Waals surface area contributed by atoms with Crippen molar-refractivity contribution in [3.8, 4) is 16.2 Å². The summed E-state index contributed by atoms with van der Waals surface area (Å²) in [5.41, 5.74) is 1.92. The average molecular weight is 429 g/mol. The zero-order valence-corrected chi connectivity index (χ0v) is 18.9. The SMILES string of the molecule is Cc1nc(COC(=O)N(C)C2CCCC2)c(-c2ccc(OC3CCCCC3)cc2)s1. The monoisotopic (exact) mass is 428 g/mol. The van der Waals surface area contributed by atoms with Crippen molar-refractivity contribution in [3.05, 3.63) is 35.0 Å². The number of nitrogens with zero attached hydrogens (tertiary/aromatic N) is 2. The summed E-state index contributed by atoms with van der Waals surface area (Å²) >= 11 is 1.64. The molecule has 2 aliphatic carbocycles. The predicted octanol–water partition coefficient (Wildman–Crippen LogP) is 6.34. The van der Waals surface area contributed by atoms with Crippen molar-refractivity contribution in [1.82, 2.24) is 9.88 Å². The molecule has 1 aromatic carbocycles. The molecular weight excluding hydrogens is 396 g/mol. The molecule has 0 aliphatic heterocycles. The maximum absolute atomic E-state index is 12.5. The van der Waals surface area contributed by atoms with Crippen molar-refractivity contribution in [2.24, 2.45) is 0 Å². The topological polar surface area (TPSA) is 51.7 Å². The number of hydrogen-bond acceptors (Lipinski definition) is 5. The molecule has 162 valence electrons. The molecule has 1 amide bonds. The van der Waals surface area contributed by atoms with Crippen LogP contribution >= 0.6 is 11.3 Å². The van der Waals surface area contributed by atoms with Crippen LogP contribution in [0, 0.1) is 6.92 Å². The van der Waals surface area contributed by atoms with Crippen molar-refractivity contribution in [3.63, 3.8) is 0 Å². The van der Waals surface area contributed by atoms with Crippen molar-refractivity contribution < 1.29 is 14.3 Å². The summed E-state index contributed by atoms with van der Waals surface area (Å²) in [4.78, 5) is 19.9. The second kappa shape index (κ2) is 9.82. The number of ether oxygens (including phenoxy) is 2. The van der Waals surface area contributed by atoms with Gasteiger partial charge < -0.3 is 14.4 Å². The molecule has 2 saturated carbocycles. The number of aromatic nitrogens is 1. The number of amides is 1. The molecule has 0 N–H and O–H groups in total. The molecule has 0 radical (unpaired) electrons. The van der Waals surface area contributed by atoms with E-state index < -0.39 is 0 Å². The van der Waals surface area contributed by atoms with Gasteiger partial charge in [-0.15, -0.1) is 11.3 Å². The fraction of sp³-hybridized carbons (Fsp3) is 0.583. The Labute approximate surface area is 183 Å². The minimum atomic E-state index is -0.255.